The van der Waals surface area contributed by atoms with E-state index in [1.165, 1.54) is 0 Å². The number of hydrogen-bond acceptors (Lipinski definition) is 3. The number of amides is 1. The largest absolute Gasteiger partial charge is 0.382 e. The molecule has 0 spiro atoms. The van der Waals surface area contributed by atoms with Crippen LogP contribution >= 0.6 is 0 Å². The number of carbonyl (C=O) groups is 1. The Morgan fingerprint density at radius 3 is 2.62 bits per heavy atom. The lowest BCUT2D eigenvalue weighted by molar-refractivity contribution is -0.121. The van der Waals surface area contributed by atoms with Crippen molar-refractivity contribution in [2.24, 2.45) is 5.92 Å². The molecule has 0 rings (SSSR count). The minimum atomic E-state index is 0.144. The van der Waals surface area contributed by atoms with Crippen LogP contribution in [-0.4, -0.2) is 39.4 Å². The smallest absolute Gasteiger partial charge is 0.220 e. The van der Waals surface area contributed by atoms with Crippen molar-refractivity contribution in [2.45, 2.75) is 33.1 Å². The van der Waals surface area contributed by atoms with E-state index in [4.69, 9.17) is 9.47 Å². The van der Waals surface area contributed by atoms with Gasteiger partial charge in [-0.3, -0.25) is 4.79 Å². The van der Waals surface area contributed by atoms with E-state index in [9.17, 15) is 4.79 Å². The summed E-state index contributed by atoms with van der Waals surface area (Å²) in [6.07, 6.45) is 2.44. The van der Waals surface area contributed by atoms with Gasteiger partial charge in [0, 0.05) is 26.7 Å². The van der Waals surface area contributed by atoms with Crippen LogP contribution in [0, 0.1) is 5.92 Å². The van der Waals surface area contributed by atoms with E-state index < -0.39 is 0 Å². The molecule has 0 heterocycles. The second-order valence-electron chi connectivity index (χ2n) is 4.24. The minimum Gasteiger partial charge on any atom is -0.382 e. The number of ether oxygens (including phenoxy) is 2. The van der Waals surface area contributed by atoms with Crippen LogP contribution in [0.2, 0.25) is 0 Å². The third kappa shape index (κ3) is 11.5. The molecule has 0 bridgehead atoms. The van der Waals surface area contributed by atoms with Gasteiger partial charge in [-0.2, -0.15) is 0 Å². The first kappa shape index (κ1) is 15.4. The molecule has 0 aromatic carbocycles. The Hall–Kier alpha value is -0.610. The third-order valence-electron chi connectivity index (χ3n) is 2.17. The van der Waals surface area contributed by atoms with Crippen LogP contribution in [0.5, 0.6) is 0 Å². The molecular weight excluding hydrogens is 206 g/mol. The molecule has 0 aliphatic carbocycles. The van der Waals surface area contributed by atoms with Crippen LogP contribution in [0.4, 0.5) is 0 Å². The summed E-state index contributed by atoms with van der Waals surface area (Å²) in [5, 5.41) is 2.88. The zero-order chi connectivity index (χ0) is 12.2. The quantitative estimate of drug-likeness (QED) is 0.581. The lowest BCUT2D eigenvalue weighted by Crippen LogP contribution is -2.25. The number of hydrogen-bond donors (Lipinski definition) is 1. The molecule has 0 atom stereocenters. The van der Waals surface area contributed by atoms with Crippen LogP contribution < -0.4 is 5.32 Å². The van der Waals surface area contributed by atoms with Crippen molar-refractivity contribution >= 4 is 5.91 Å². The first-order chi connectivity index (χ1) is 7.66. The van der Waals surface area contributed by atoms with Crippen molar-refractivity contribution in [3.8, 4) is 0 Å². The summed E-state index contributed by atoms with van der Waals surface area (Å²) in [7, 11) is 1.65. The van der Waals surface area contributed by atoms with Gasteiger partial charge < -0.3 is 14.8 Å². The molecule has 16 heavy (non-hydrogen) atoms. The Balaban J connectivity index is 3.15. The van der Waals surface area contributed by atoms with Gasteiger partial charge in [-0.1, -0.05) is 13.8 Å². The van der Waals surface area contributed by atoms with Crippen LogP contribution in [0.3, 0.4) is 0 Å². The first-order valence-electron chi connectivity index (χ1n) is 6.00. The van der Waals surface area contributed by atoms with E-state index in [0.29, 0.717) is 38.7 Å². The summed E-state index contributed by atoms with van der Waals surface area (Å²) in [6, 6.07) is 0. The maximum Gasteiger partial charge on any atom is 0.220 e. The van der Waals surface area contributed by atoms with E-state index in [2.05, 4.69) is 19.2 Å². The predicted octanol–water partition coefficient (Wildman–Crippen LogP) is 1.59. The zero-order valence-corrected chi connectivity index (χ0v) is 10.8. The van der Waals surface area contributed by atoms with Crippen molar-refractivity contribution < 1.29 is 14.3 Å². The molecule has 0 aromatic rings. The molecule has 4 heteroatoms. The van der Waals surface area contributed by atoms with Crippen molar-refractivity contribution in [1.82, 2.24) is 5.32 Å². The van der Waals surface area contributed by atoms with Crippen LogP contribution in [0.15, 0.2) is 0 Å². The fraction of sp³-hybridized carbons (Fsp3) is 0.917. The van der Waals surface area contributed by atoms with Gasteiger partial charge in [-0.05, 0) is 18.8 Å². The second kappa shape index (κ2) is 10.9. The molecule has 0 saturated carbocycles. The Morgan fingerprint density at radius 2 is 2.00 bits per heavy atom. The average molecular weight is 231 g/mol. The van der Waals surface area contributed by atoms with E-state index >= 15 is 0 Å². The SMILES string of the molecule is COCCOCCCNC(=O)CCC(C)C. The Kier molecular flexibility index (Phi) is 10.5. The Labute approximate surface area is 98.7 Å². The number of carbonyl (C=O) groups excluding carboxylic acids is 1. The molecular formula is C12H25NO3. The zero-order valence-electron chi connectivity index (χ0n) is 10.8. The maximum absolute atomic E-state index is 11.3. The lowest BCUT2D eigenvalue weighted by Gasteiger charge is -2.07. The highest BCUT2D eigenvalue weighted by atomic mass is 16.5. The van der Waals surface area contributed by atoms with E-state index in [0.717, 1.165) is 12.8 Å². The number of methoxy groups -OCH3 is 1. The molecule has 0 radical (unpaired) electrons. The van der Waals surface area contributed by atoms with Gasteiger partial charge >= 0.3 is 0 Å². The predicted molar refractivity (Wildman–Crippen MR) is 64.4 cm³/mol. The first-order valence-corrected chi connectivity index (χ1v) is 6.00. The van der Waals surface area contributed by atoms with Gasteiger partial charge in [-0.15, -0.1) is 0 Å². The van der Waals surface area contributed by atoms with Crippen molar-refractivity contribution in [3.63, 3.8) is 0 Å². The van der Waals surface area contributed by atoms with E-state index in [-0.39, 0.29) is 5.91 Å². The van der Waals surface area contributed by atoms with Gasteiger partial charge in [0.2, 0.25) is 5.91 Å². The standard InChI is InChI=1S/C12H25NO3/c1-11(2)5-6-12(14)13-7-4-8-16-10-9-15-3/h11H,4-10H2,1-3H3,(H,13,14). The molecule has 0 aromatic heterocycles. The van der Waals surface area contributed by atoms with Gasteiger partial charge in [0.25, 0.3) is 0 Å². The molecule has 96 valence electrons. The van der Waals surface area contributed by atoms with Gasteiger partial charge in [0.15, 0.2) is 0 Å². The van der Waals surface area contributed by atoms with E-state index in [1.807, 2.05) is 0 Å². The summed E-state index contributed by atoms with van der Waals surface area (Å²) in [4.78, 5) is 11.3. The molecule has 0 fully saturated rings. The van der Waals surface area contributed by atoms with Gasteiger partial charge in [0.05, 0.1) is 13.2 Å². The Bertz CT molecular complexity index is 172. The fourth-order valence-electron chi connectivity index (χ4n) is 1.15. The fourth-order valence-corrected chi connectivity index (χ4v) is 1.15. The molecule has 1 N–H and O–H groups in total. The number of rotatable bonds is 10. The molecule has 0 aliphatic heterocycles. The topological polar surface area (TPSA) is 47.6 Å². The highest BCUT2D eigenvalue weighted by molar-refractivity contribution is 5.75. The molecule has 1 amide bonds. The third-order valence-corrected chi connectivity index (χ3v) is 2.17. The summed E-state index contributed by atoms with van der Waals surface area (Å²) in [6.45, 7) is 6.87. The lowest BCUT2D eigenvalue weighted by atomic mass is 10.1. The summed E-state index contributed by atoms with van der Waals surface area (Å²) >= 11 is 0. The van der Waals surface area contributed by atoms with Crippen molar-refractivity contribution in [2.75, 3.05) is 33.5 Å². The van der Waals surface area contributed by atoms with Gasteiger partial charge in [-0.25, -0.2) is 0 Å². The normalized spacial score (nSPS) is 10.8. The van der Waals surface area contributed by atoms with Gasteiger partial charge in [0.1, 0.15) is 0 Å². The summed E-state index contributed by atoms with van der Waals surface area (Å²) in [5.74, 6) is 0.730. The minimum absolute atomic E-state index is 0.144. The van der Waals surface area contributed by atoms with Crippen molar-refractivity contribution in [1.29, 1.82) is 0 Å². The number of nitrogens with one attached hydrogen (secondary N) is 1. The molecule has 4 nitrogen and oxygen atoms in total. The summed E-state index contributed by atoms with van der Waals surface area (Å²) < 4.78 is 10.1. The summed E-state index contributed by atoms with van der Waals surface area (Å²) in [5.41, 5.74) is 0. The average Bonchev–Trinajstić information content (AvgIpc) is 2.25. The monoisotopic (exact) mass is 231 g/mol. The van der Waals surface area contributed by atoms with E-state index in [1.54, 1.807) is 7.11 Å². The van der Waals surface area contributed by atoms with Crippen LogP contribution in [0.25, 0.3) is 0 Å². The molecule has 0 saturated heterocycles. The second-order valence-corrected chi connectivity index (χ2v) is 4.24. The maximum atomic E-state index is 11.3. The van der Waals surface area contributed by atoms with Crippen LogP contribution in [0.1, 0.15) is 33.1 Å². The highest BCUT2D eigenvalue weighted by Gasteiger charge is 2.02. The highest BCUT2D eigenvalue weighted by Crippen LogP contribution is 2.02. The van der Waals surface area contributed by atoms with Crippen molar-refractivity contribution in [3.05, 3.63) is 0 Å². The molecule has 0 aliphatic rings. The Morgan fingerprint density at radius 1 is 1.25 bits per heavy atom. The molecule has 0 unspecified atom stereocenters. The van der Waals surface area contributed by atoms with Crippen LogP contribution in [-0.2, 0) is 14.3 Å².